The summed E-state index contributed by atoms with van der Waals surface area (Å²) in [6.07, 6.45) is 0. The van der Waals surface area contributed by atoms with Gasteiger partial charge >= 0.3 is 0 Å². The Bertz CT molecular complexity index is 2250. The van der Waals surface area contributed by atoms with Crippen LogP contribution in [0.3, 0.4) is 0 Å². The van der Waals surface area contributed by atoms with Crippen LogP contribution in [-0.4, -0.2) is 9.85 Å². The molecule has 2 aliphatic heterocycles. The zero-order valence-corrected chi connectivity index (χ0v) is 29.0. The first-order valence-corrected chi connectivity index (χ1v) is 17.9. The summed E-state index contributed by atoms with van der Waals surface area (Å²) in [5.74, 6) is 0. The Kier molecular flexibility index (Phi) is 8.90. The van der Waals surface area contributed by atoms with E-state index in [9.17, 15) is 20.2 Å². The molecule has 6 aromatic carbocycles. The number of para-hydroxylation sites is 4. The molecule has 2 heterocycles. The summed E-state index contributed by atoms with van der Waals surface area (Å²) >= 11 is 2.81. The van der Waals surface area contributed by atoms with Gasteiger partial charge in [0.2, 0.25) is 0 Å². The lowest BCUT2D eigenvalue weighted by Gasteiger charge is -2.28. The van der Waals surface area contributed by atoms with Gasteiger partial charge in [0, 0.05) is 33.1 Å². The standard InChI is InChI=1S/C42H28N4O4S2/c47-45(48)35-27-15-13-25-33(35)43-39(37(29-17-5-1-6-18-29)41(51-43)31-21-9-3-10-22-31)40-38(30-19-7-2-8-20-30)42(32-23-11-4-12-24-32)52-44(40)34-26-14-16-28-36(34)46(49)50/h1-28H/b40-39-. The highest BCUT2D eigenvalue weighted by molar-refractivity contribution is 8.11. The van der Waals surface area contributed by atoms with Crippen LogP contribution in [0.5, 0.6) is 0 Å². The molecule has 10 heteroatoms. The first-order chi connectivity index (χ1) is 25.5. The Morgan fingerprint density at radius 1 is 0.385 bits per heavy atom. The molecule has 52 heavy (non-hydrogen) atoms. The largest absolute Gasteiger partial charge is 0.293 e. The molecule has 0 radical (unpaired) electrons. The van der Waals surface area contributed by atoms with Crippen LogP contribution < -0.4 is 8.61 Å². The Morgan fingerprint density at radius 2 is 0.673 bits per heavy atom. The maximum absolute atomic E-state index is 12.7. The zero-order valence-electron chi connectivity index (χ0n) is 27.4. The Morgan fingerprint density at radius 3 is 1.00 bits per heavy atom. The first-order valence-electron chi connectivity index (χ1n) is 16.4. The molecule has 8 nitrogen and oxygen atoms in total. The van der Waals surface area contributed by atoms with Crippen LogP contribution in [-0.2, 0) is 0 Å². The summed E-state index contributed by atoms with van der Waals surface area (Å²) in [5.41, 5.74) is 7.31. The van der Waals surface area contributed by atoms with E-state index in [1.54, 1.807) is 36.4 Å². The average Bonchev–Trinajstić information content (AvgIpc) is 3.79. The molecule has 0 saturated heterocycles. The maximum atomic E-state index is 12.7. The van der Waals surface area contributed by atoms with Gasteiger partial charge < -0.3 is 0 Å². The van der Waals surface area contributed by atoms with Crippen LogP contribution in [0.1, 0.15) is 22.3 Å². The predicted octanol–water partition coefficient (Wildman–Crippen LogP) is 11.5. The molecular formula is C42H28N4O4S2. The van der Waals surface area contributed by atoms with Crippen molar-refractivity contribution in [2.45, 2.75) is 0 Å². The Labute approximate surface area is 308 Å². The van der Waals surface area contributed by atoms with E-state index < -0.39 is 0 Å². The molecule has 0 saturated carbocycles. The van der Waals surface area contributed by atoms with E-state index in [2.05, 4.69) is 0 Å². The van der Waals surface area contributed by atoms with Crippen LogP contribution in [0.4, 0.5) is 22.7 Å². The molecule has 0 spiro atoms. The van der Waals surface area contributed by atoms with E-state index in [1.165, 1.54) is 36.0 Å². The number of hydrogen-bond donors (Lipinski definition) is 0. The molecule has 0 fully saturated rings. The minimum Gasteiger partial charge on any atom is -0.271 e. The minimum absolute atomic E-state index is 0.0637. The van der Waals surface area contributed by atoms with E-state index in [1.807, 2.05) is 130 Å². The quantitative estimate of drug-likeness (QED) is 0.0873. The van der Waals surface area contributed by atoms with Crippen LogP contribution in [0.15, 0.2) is 181 Å². The van der Waals surface area contributed by atoms with Crippen molar-refractivity contribution in [3.8, 4) is 0 Å². The van der Waals surface area contributed by atoms with Crippen molar-refractivity contribution in [3.63, 3.8) is 0 Å². The topological polar surface area (TPSA) is 92.8 Å². The molecule has 252 valence electrons. The number of nitro benzene ring substituents is 2. The number of anilines is 2. The van der Waals surface area contributed by atoms with E-state index >= 15 is 0 Å². The average molecular weight is 717 g/mol. The fourth-order valence-electron chi connectivity index (χ4n) is 6.45. The number of nitrogens with zero attached hydrogens (tertiary/aromatic N) is 4. The fourth-order valence-corrected chi connectivity index (χ4v) is 8.95. The lowest BCUT2D eigenvalue weighted by Crippen LogP contribution is -2.21. The molecule has 2 aliphatic rings. The molecule has 0 amide bonds. The second kappa shape index (κ2) is 14.1. The van der Waals surface area contributed by atoms with Gasteiger partial charge in [0.15, 0.2) is 0 Å². The van der Waals surface area contributed by atoms with E-state index in [0.717, 1.165) is 43.2 Å². The zero-order chi connectivity index (χ0) is 35.6. The van der Waals surface area contributed by atoms with Crippen LogP contribution in [0.25, 0.3) is 21.0 Å². The number of benzene rings is 6. The smallest absolute Gasteiger partial charge is 0.271 e. The van der Waals surface area contributed by atoms with Gasteiger partial charge in [0.25, 0.3) is 11.4 Å². The second-order valence-corrected chi connectivity index (χ2v) is 13.7. The van der Waals surface area contributed by atoms with Gasteiger partial charge in [-0.15, -0.1) is 0 Å². The van der Waals surface area contributed by atoms with Gasteiger partial charge in [-0.1, -0.05) is 146 Å². The molecule has 0 atom stereocenters. The number of nitro groups is 2. The van der Waals surface area contributed by atoms with E-state index in [4.69, 9.17) is 0 Å². The summed E-state index contributed by atoms with van der Waals surface area (Å²) in [6.45, 7) is 0. The second-order valence-electron chi connectivity index (χ2n) is 11.8. The molecule has 0 bridgehead atoms. The van der Waals surface area contributed by atoms with Gasteiger partial charge in [-0.05, 0) is 58.3 Å². The minimum atomic E-state index is -0.368. The van der Waals surface area contributed by atoms with E-state index in [0.29, 0.717) is 22.8 Å². The number of rotatable bonds is 8. The summed E-state index contributed by atoms with van der Waals surface area (Å²) < 4.78 is 3.86. The third-order valence-corrected chi connectivity index (χ3v) is 11.1. The van der Waals surface area contributed by atoms with Gasteiger partial charge in [0.1, 0.15) is 11.4 Å². The molecule has 0 unspecified atom stereocenters. The monoisotopic (exact) mass is 716 g/mol. The molecule has 0 N–H and O–H groups in total. The highest BCUT2D eigenvalue weighted by Gasteiger charge is 2.43. The highest BCUT2D eigenvalue weighted by atomic mass is 32.2. The number of allylic oxidation sites excluding steroid dienone is 2. The fraction of sp³-hybridized carbons (Fsp3) is 0. The maximum Gasteiger partial charge on any atom is 0.293 e. The van der Waals surface area contributed by atoms with Gasteiger partial charge in [-0.2, -0.15) is 0 Å². The summed E-state index contributed by atoms with van der Waals surface area (Å²) in [4.78, 5) is 26.4. The molecule has 0 aromatic heterocycles. The SMILES string of the molecule is O=[N+]([O-])c1ccccc1N1SC(c2ccccc2)=C(c2ccccc2)/C1=C1\C(c2ccccc2)=C(c2ccccc2)SN1c1ccccc1[N+](=O)[O-]. The lowest BCUT2D eigenvalue weighted by atomic mass is 9.92. The van der Waals surface area contributed by atoms with Gasteiger partial charge in [0.05, 0.1) is 21.2 Å². The van der Waals surface area contributed by atoms with Gasteiger partial charge in [-0.25, -0.2) is 0 Å². The van der Waals surface area contributed by atoms with Crippen molar-refractivity contribution in [2.24, 2.45) is 0 Å². The van der Waals surface area contributed by atoms with Crippen molar-refractivity contribution >= 4 is 67.6 Å². The third kappa shape index (κ3) is 5.93. The van der Waals surface area contributed by atoms with Gasteiger partial charge in [-0.3, -0.25) is 28.8 Å². The Balaban J connectivity index is 1.58. The highest BCUT2D eigenvalue weighted by Crippen LogP contribution is 2.61. The first kappa shape index (κ1) is 32.8. The molecule has 0 aliphatic carbocycles. The van der Waals surface area contributed by atoms with Crippen molar-refractivity contribution in [1.29, 1.82) is 0 Å². The predicted molar refractivity (Wildman–Crippen MR) is 213 cm³/mol. The summed E-state index contributed by atoms with van der Waals surface area (Å²) in [7, 11) is 0. The summed E-state index contributed by atoms with van der Waals surface area (Å²) in [5, 5.41) is 25.4. The third-order valence-electron chi connectivity index (χ3n) is 8.71. The number of hydrogen-bond acceptors (Lipinski definition) is 8. The Hall–Kier alpha value is -6.36. The van der Waals surface area contributed by atoms with Crippen LogP contribution in [0, 0.1) is 20.2 Å². The van der Waals surface area contributed by atoms with E-state index in [-0.39, 0.29) is 21.2 Å². The van der Waals surface area contributed by atoms with Crippen LogP contribution >= 0.6 is 23.9 Å². The normalized spacial score (nSPS) is 15.8. The molecule has 6 aromatic rings. The lowest BCUT2D eigenvalue weighted by molar-refractivity contribution is -0.384. The summed E-state index contributed by atoms with van der Waals surface area (Å²) in [6, 6.07) is 53.3. The van der Waals surface area contributed by atoms with Crippen molar-refractivity contribution in [1.82, 2.24) is 0 Å². The van der Waals surface area contributed by atoms with Crippen LogP contribution in [0.2, 0.25) is 0 Å². The van der Waals surface area contributed by atoms with Crippen molar-refractivity contribution in [2.75, 3.05) is 8.61 Å². The molecular weight excluding hydrogens is 689 g/mol. The van der Waals surface area contributed by atoms with Crippen molar-refractivity contribution < 1.29 is 9.85 Å². The van der Waals surface area contributed by atoms with Crippen molar-refractivity contribution in [3.05, 3.63) is 224 Å². The molecule has 8 rings (SSSR count).